The minimum atomic E-state index is -0.238. The quantitative estimate of drug-likeness (QED) is 0.560. The predicted octanol–water partition coefficient (Wildman–Crippen LogP) is -0.290. The Bertz CT molecular complexity index is 403. The lowest BCUT2D eigenvalue weighted by Crippen LogP contribution is -2.49. The molecule has 0 radical (unpaired) electrons. The van der Waals surface area contributed by atoms with Crippen LogP contribution in [-0.2, 0) is 4.74 Å². The monoisotopic (exact) mass is 267 g/mol. The van der Waals surface area contributed by atoms with Gasteiger partial charge in [0.2, 0.25) is 5.88 Å². The zero-order valence-corrected chi connectivity index (χ0v) is 11.4. The van der Waals surface area contributed by atoms with E-state index in [0.29, 0.717) is 18.2 Å². The average molecular weight is 267 g/mol. The van der Waals surface area contributed by atoms with Gasteiger partial charge in [-0.3, -0.25) is 15.7 Å². The van der Waals surface area contributed by atoms with E-state index in [1.165, 1.54) is 0 Å². The summed E-state index contributed by atoms with van der Waals surface area (Å²) in [4.78, 5) is 10.8. The van der Waals surface area contributed by atoms with Crippen LogP contribution in [0.5, 0.6) is 5.88 Å². The largest absolute Gasteiger partial charge is 0.480 e. The van der Waals surface area contributed by atoms with Crippen molar-refractivity contribution in [2.45, 2.75) is 19.1 Å². The summed E-state index contributed by atoms with van der Waals surface area (Å²) in [6.45, 7) is 5.58. The summed E-state index contributed by atoms with van der Waals surface area (Å²) >= 11 is 0. The molecule has 0 saturated carbocycles. The third-order valence-electron chi connectivity index (χ3n) is 3.36. The van der Waals surface area contributed by atoms with Gasteiger partial charge in [0.25, 0.3) is 0 Å². The molecule has 7 heteroatoms. The van der Waals surface area contributed by atoms with Gasteiger partial charge in [0.15, 0.2) is 0 Å². The molecule has 1 fully saturated rings. The molecule has 1 aromatic heterocycles. The lowest BCUT2D eigenvalue weighted by Gasteiger charge is -2.36. The molecule has 2 atom stereocenters. The van der Waals surface area contributed by atoms with Crippen molar-refractivity contribution in [1.29, 1.82) is 0 Å². The maximum atomic E-state index is 5.81. The fraction of sp³-hybridized carbons (Fsp3) is 0.667. The van der Waals surface area contributed by atoms with Crippen LogP contribution in [0.15, 0.2) is 12.4 Å². The second kappa shape index (κ2) is 6.76. The minimum Gasteiger partial charge on any atom is -0.480 e. The molecule has 2 rings (SSSR count). The Labute approximate surface area is 113 Å². The van der Waals surface area contributed by atoms with Crippen LogP contribution < -0.4 is 16.0 Å². The minimum absolute atomic E-state index is 0.0655. The fourth-order valence-corrected chi connectivity index (χ4v) is 2.29. The summed E-state index contributed by atoms with van der Waals surface area (Å²) in [6.07, 6.45) is 3.16. The number of hydrazine groups is 1. The number of morpholine rings is 1. The average Bonchev–Trinajstić information content (AvgIpc) is 2.49. The molecule has 19 heavy (non-hydrogen) atoms. The number of nitrogens with zero attached hydrogens (tertiary/aromatic N) is 3. The van der Waals surface area contributed by atoms with E-state index < -0.39 is 0 Å². The van der Waals surface area contributed by atoms with Gasteiger partial charge in [0.1, 0.15) is 5.69 Å². The first-order valence-corrected chi connectivity index (χ1v) is 6.45. The van der Waals surface area contributed by atoms with Gasteiger partial charge in [-0.05, 0) is 6.54 Å². The Balaban J connectivity index is 2.19. The maximum absolute atomic E-state index is 5.81. The Morgan fingerprint density at radius 1 is 1.58 bits per heavy atom. The maximum Gasteiger partial charge on any atom is 0.237 e. The van der Waals surface area contributed by atoms with Crippen LogP contribution in [0.3, 0.4) is 0 Å². The number of hydrogen-bond donors (Lipinski definition) is 2. The highest BCUT2D eigenvalue weighted by Crippen LogP contribution is 2.25. The van der Waals surface area contributed by atoms with E-state index in [4.69, 9.17) is 15.3 Å². The van der Waals surface area contributed by atoms with Crippen molar-refractivity contribution in [2.24, 2.45) is 5.84 Å². The van der Waals surface area contributed by atoms with Crippen LogP contribution in [0.2, 0.25) is 0 Å². The second-order valence-electron chi connectivity index (χ2n) is 4.40. The first-order valence-electron chi connectivity index (χ1n) is 6.45. The Kier molecular flexibility index (Phi) is 5.03. The highest BCUT2D eigenvalue weighted by molar-refractivity contribution is 5.22. The van der Waals surface area contributed by atoms with E-state index in [2.05, 4.69) is 27.2 Å². The number of likely N-dealkylation sites (N-methyl/N-ethyl adjacent to an activating group) is 1. The number of rotatable bonds is 5. The molecule has 0 aromatic carbocycles. The molecule has 7 nitrogen and oxygen atoms in total. The highest BCUT2D eigenvalue weighted by Gasteiger charge is 2.31. The molecule has 1 saturated heterocycles. The number of aromatic nitrogens is 2. The van der Waals surface area contributed by atoms with Crippen molar-refractivity contribution >= 4 is 0 Å². The van der Waals surface area contributed by atoms with Gasteiger partial charge in [0, 0.05) is 25.5 Å². The molecular weight excluding hydrogens is 246 g/mol. The fourth-order valence-electron chi connectivity index (χ4n) is 2.29. The lowest BCUT2D eigenvalue weighted by atomic mass is 10.1. The normalized spacial score (nSPS) is 22.2. The first kappa shape index (κ1) is 14.1. The topological polar surface area (TPSA) is 85.5 Å². The number of hydrogen-bond acceptors (Lipinski definition) is 7. The molecule has 2 heterocycles. The van der Waals surface area contributed by atoms with E-state index in [9.17, 15) is 0 Å². The van der Waals surface area contributed by atoms with Gasteiger partial charge in [-0.15, -0.1) is 0 Å². The van der Waals surface area contributed by atoms with Crippen molar-refractivity contribution < 1.29 is 9.47 Å². The molecule has 1 aliphatic heterocycles. The lowest BCUT2D eigenvalue weighted by molar-refractivity contribution is -0.0467. The third-order valence-corrected chi connectivity index (χ3v) is 3.36. The molecule has 0 aliphatic carbocycles. The van der Waals surface area contributed by atoms with Gasteiger partial charge in [-0.1, -0.05) is 6.92 Å². The van der Waals surface area contributed by atoms with E-state index in [-0.39, 0.29) is 12.1 Å². The van der Waals surface area contributed by atoms with Crippen LogP contribution >= 0.6 is 0 Å². The summed E-state index contributed by atoms with van der Waals surface area (Å²) in [5.74, 6) is 6.15. The number of nitrogens with two attached hydrogens (primary N) is 1. The molecule has 2 unspecified atom stereocenters. The van der Waals surface area contributed by atoms with Gasteiger partial charge >= 0.3 is 0 Å². The molecule has 1 aliphatic rings. The molecule has 0 amide bonds. The van der Waals surface area contributed by atoms with Gasteiger partial charge in [-0.2, -0.15) is 0 Å². The second-order valence-corrected chi connectivity index (χ2v) is 4.40. The molecule has 3 N–H and O–H groups in total. The Morgan fingerprint density at radius 2 is 2.37 bits per heavy atom. The summed E-state index contributed by atoms with van der Waals surface area (Å²) in [5, 5.41) is 0. The van der Waals surface area contributed by atoms with Crippen molar-refractivity contribution in [3.05, 3.63) is 18.1 Å². The Hall–Kier alpha value is -1.28. The van der Waals surface area contributed by atoms with Crippen molar-refractivity contribution in [2.75, 3.05) is 33.4 Å². The van der Waals surface area contributed by atoms with Crippen molar-refractivity contribution in [3.63, 3.8) is 0 Å². The van der Waals surface area contributed by atoms with Crippen LogP contribution in [0.4, 0.5) is 0 Å². The van der Waals surface area contributed by atoms with Gasteiger partial charge in [0.05, 0.1) is 25.9 Å². The summed E-state index contributed by atoms with van der Waals surface area (Å²) in [6, 6.07) is -0.238. The van der Waals surface area contributed by atoms with Crippen LogP contribution in [0, 0.1) is 0 Å². The van der Waals surface area contributed by atoms with Crippen molar-refractivity contribution in [1.82, 2.24) is 20.3 Å². The third kappa shape index (κ3) is 3.19. The predicted molar refractivity (Wildman–Crippen MR) is 70.5 cm³/mol. The van der Waals surface area contributed by atoms with Crippen LogP contribution in [-0.4, -0.2) is 54.3 Å². The smallest absolute Gasteiger partial charge is 0.237 e. The summed E-state index contributed by atoms with van der Waals surface area (Å²) in [7, 11) is 1.57. The Morgan fingerprint density at radius 3 is 3.05 bits per heavy atom. The van der Waals surface area contributed by atoms with Crippen molar-refractivity contribution in [3.8, 4) is 5.88 Å². The highest BCUT2D eigenvalue weighted by atomic mass is 16.5. The molecule has 1 aromatic rings. The van der Waals surface area contributed by atoms with Gasteiger partial charge in [-0.25, -0.2) is 10.4 Å². The molecule has 0 spiro atoms. The SMILES string of the molecule is CCN1CCOC(C(NN)c2nccnc2OC)C1. The number of nitrogens with one attached hydrogen (secondary N) is 1. The van der Waals surface area contributed by atoms with E-state index in [0.717, 1.165) is 19.6 Å². The van der Waals surface area contributed by atoms with E-state index in [1.807, 2.05) is 0 Å². The zero-order chi connectivity index (χ0) is 13.7. The van der Waals surface area contributed by atoms with Crippen LogP contribution in [0.25, 0.3) is 0 Å². The standard InChI is InChI=1S/C12H21N5O2/c1-3-17-6-7-19-9(8-17)10(16-13)11-12(18-2)15-5-4-14-11/h4-5,9-10,16H,3,6-8,13H2,1-2H3. The van der Waals surface area contributed by atoms with Crippen LogP contribution in [0.1, 0.15) is 18.7 Å². The number of ether oxygens (including phenoxy) is 2. The molecule has 106 valence electrons. The summed E-state index contributed by atoms with van der Waals surface area (Å²) < 4.78 is 11.0. The first-order chi connectivity index (χ1) is 9.30. The van der Waals surface area contributed by atoms with Gasteiger partial charge < -0.3 is 9.47 Å². The molecule has 0 bridgehead atoms. The zero-order valence-electron chi connectivity index (χ0n) is 11.4. The van der Waals surface area contributed by atoms with E-state index in [1.54, 1.807) is 19.5 Å². The van der Waals surface area contributed by atoms with E-state index >= 15 is 0 Å². The number of methoxy groups -OCH3 is 1. The summed E-state index contributed by atoms with van der Waals surface area (Å²) in [5.41, 5.74) is 3.45. The molecular formula is C12H21N5O2.